The third-order valence-corrected chi connectivity index (χ3v) is 3.27. The zero-order valence-electron chi connectivity index (χ0n) is 11.0. The van der Waals surface area contributed by atoms with Crippen molar-refractivity contribution in [2.45, 2.75) is 20.0 Å². The molecule has 3 nitrogen and oxygen atoms in total. The second-order valence-electron chi connectivity index (χ2n) is 4.10. The van der Waals surface area contributed by atoms with Crippen molar-refractivity contribution in [1.29, 1.82) is 0 Å². The molecule has 19 heavy (non-hydrogen) atoms. The highest BCUT2D eigenvalue weighted by molar-refractivity contribution is 9.10. The third-order valence-electron chi connectivity index (χ3n) is 2.80. The summed E-state index contributed by atoms with van der Waals surface area (Å²) >= 11 is 3.36. The Morgan fingerprint density at radius 1 is 1.16 bits per heavy atom. The molecule has 100 valence electrons. The molecule has 0 radical (unpaired) electrons. The van der Waals surface area contributed by atoms with E-state index in [0.717, 1.165) is 28.1 Å². The van der Waals surface area contributed by atoms with E-state index in [1.165, 1.54) is 5.56 Å². The number of aryl methyl sites for hydroxylation is 1. The highest BCUT2D eigenvalue weighted by Crippen LogP contribution is 2.28. The molecule has 0 bridgehead atoms. The Labute approximate surface area is 121 Å². The number of ether oxygens (including phenoxy) is 2. The average molecular weight is 322 g/mol. The van der Waals surface area contributed by atoms with Crippen molar-refractivity contribution in [2.24, 2.45) is 0 Å². The van der Waals surface area contributed by atoms with Crippen molar-refractivity contribution in [3.05, 3.63) is 52.3 Å². The second-order valence-corrected chi connectivity index (χ2v) is 5.01. The molecule has 0 N–H and O–H groups in total. The largest absolute Gasteiger partial charge is 0.493 e. The minimum Gasteiger partial charge on any atom is -0.493 e. The first-order valence-corrected chi connectivity index (χ1v) is 6.92. The van der Waals surface area contributed by atoms with Gasteiger partial charge in [0.25, 0.3) is 0 Å². The SMILES string of the molecule is CCc1ccc(OCc2ccc(Br)cn2)c(OC)c1. The second kappa shape index (κ2) is 6.57. The number of halogens is 1. The molecule has 0 atom stereocenters. The summed E-state index contributed by atoms with van der Waals surface area (Å²) in [5, 5.41) is 0. The first kappa shape index (κ1) is 13.9. The van der Waals surface area contributed by atoms with Gasteiger partial charge in [0.1, 0.15) is 6.61 Å². The molecule has 2 rings (SSSR count). The number of hydrogen-bond donors (Lipinski definition) is 0. The minimum absolute atomic E-state index is 0.426. The van der Waals surface area contributed by atoms with E-state index in [0.29, 0.717) is 6.61 Å². The van der Waals surface area contributed by atoms with Gasteiger partial charge >= 0.3 is 0 Å². The van der Waals surface area contributed by atoms with Gasteiger partial charge in [-0.25, -0.2) is 0 Å². The van der Waals surface area contributed by atoms with Gasteiger partial charge in [0.05, 0.1) is 12.8 Å². The average Bonchev–Trinajstić information content (AvgIpc) is 2.46. The van der Waals surface area contributed by atoms with Gasteiger partial charge in [0.15, 0.2) is 11.5 Å². The fourth-order valence-electron chi connectivity index (χ4n) is 1.69. The lowest BCUT2D eigenvalue weighted by atomic mass is 10.1. The number of benzene rings is 1. The highest BCUT2D eigenvalue weighted by atomic mass is 79.9. The number of rotatable bonds is 5. The molecule has 0 aliphatic rings. The zero-order valence-corrected chi connectivity index (χ0v) is 12.6. The van der Waals surface area contributed by atoms with Crippen LogP contribution in [0.1, 0.15) is 18.2 Å². The van der Waals surface area contributed by atoms with E-state index in [-0.39, 0.29) is 0 Å². The molecule has 0 amide bonds. The Bertz CT molecular complexity index is 540. The molecular formula is C15H16BrNO2. The van der Waals surface area contributed by atoms with Gasteiger partial charge < -0.3 is 9.47 Å². The van der Waals surface area contributed by atoms with Crippen LogP contribution in [-0.4, -0.2) is 12.1 Å². The maximum Gasteiger partial charge on any atom is 0.161 e. The Morgan fingerprint density at radius 2 is 2.00 bits per heavy atom. The first-order chi connectivity index (χ1) is 9.22. The van der Waals surface area contributed by atoms with E-state index in [2.05, 4.69) is 27.8 Å². The van der Waals surface area contributed by atoms with Crippen molar-refractivity contribution in [2.75, 3.05) is 7.11 Å². The molecule has 2 aromatic rings. The van der Waals surface area contributed by atoms with Crippen molar-refractivity contribution in [3.8, 4) is 11.5 Å². The van der Waals surface area contributed by atoms with Crippen molar-refractivity contribution in [1.82, 2.24) is 4.98 Å². The summed E-state index contributed by atoms with van der Waals surface area (Å²) < 4.78 is 12.1. The quantitative estimate of drug-likeness (QED) is 0.834. The smallest absolute Gasteiger partial charge is 0.161 e. The van der Waals surface area contributed by atoms with Gasteiger partial charge in [-0.2, -0.15) is 0 Å². The first-order valence-electron chi connectivity index (χ1n) is 6.13. The lowest BCUT2D eigenvalue weighted by Crippen LogP contribution is -2.00. The van der Waals surface area contributed by atoms with Crippen LogP contribution in [0.5, 0.6) is 11.5 Å². The summed E-state index contributed by atoms with van der Waals surface area (Å²) in [4.78, 5) is 4.27. The monoisotopic (exact) mass is 321 g/mol. The predicted octanol–water partition coefficient (Wildman–Crippen LogP) is 3.99. The van der Waals surface area contributed by atoms with Gasteiger partial charge in [0.2, 0.25) is 0 Å². The normalized spacial score (nSPS) is 10.3. The van der Waals surface area contributed by atoms with Crippen LogP contribution < -0.4 is 9.47 Å². The maximum atomic E-state index is 5.75. The summed E-state index contributed by atoms with van der Waals surface area (Å²) in [6.07, 6.45) is 2.74. The maximum absolute atomic E-state index is 5.75. The van der Waals surface area contributed by atoms with Crippen LogP contribution in [0.15, 0.2) is 41.0 Å². The fraction of sp³-hybridized carbons (Fsp3) is 0.267. The van der Waals surface area contributed by atoms with Crippen LogP contribution in [0.4, 0.5) is 0 Å². The molecule has 4 heteroatoms. The van der Waals surface area contributed by atoms with E-state index >= 15 is 0 Å². The van der Waals surface area contributed by atoms with Gasteiger partial charge in [-0.05, 0) is 52.2 Å². The Hall–Kier alpha value is -1.55. The number of nitrogens with zero attached hydrogens (tertiary/aromatic N) is 1. The van der Waals surface area contributed by atoms with Crippen molar-refractivity contribution >= 4 is 15.9 Å². The molecule has 0 saturated carbocycles. The molecule has 0 saturated heterocycles. The van der Waals surface area contributed by atoms with E-state index in [1.807, 2.05) is 30.3 Å². The minimum atomic E-state index is 0.426. The topological polar surface area (TPSA) is 31.4 Å². The van der Waals surface area contributed by atoms with Crippen LogP contribution in [0.3, 0.4) is 0 Å². The van der Waals surface area contributed by atoms with Crippen LogP contribution in [0.2, 0.25) is 0 Å². The van der Waals surface area contributed by atoms with Gasteiger partial charge in [0, 0.05) is 10.7 Å². The Morgan fingerprint density at radius 3 is 2.63 bits per heavy atom. The van der Waals surface area contributed by atoms with Crippen molar-refractivity contribution in [3.63, 3.8) is 0 Å². The number of methoxy groups -OCH3 is 1. The molecular weight excluding hydrogens is 306 g/mol. The van der Waals surface area contributed by atoms with Crippen LogP contribution in [0.25, 0.3) is 0 Å². The molecule has 1 heterocycles. The van der Waals surface area contributed by atoms with Crippen LogP contribution in [-0.2, 0) is 13.0 Å². The standard InChI is InChI=1S/C15H16BrNO2/c1-3-11-4-7-14(15(8-11)18-2)19-10-13-6-5-12(16)9-17-13/h4-9H,3,10H2,1-2H3. The lowest BCUT2D eigenvalue weighted by molar-refractivity contribution is 0.280. The van der Waals surface area contributed by atoms with Gasteiger partial charge in [-0.1, -0.05) is 13.0 Å². The van der Waals surface area contributed by atoms with E-state index < -0.39 is 0 Å². The predicted molar refractivity (Wildman–Crippen MR) is 78.6 cm³/mol. The molecule has 0 aliphatic carbocycles. The highest BCUT2D eigenvalue weighted by Gasteiger charge is 2.06. The van der Waals surface area contributed by atoms with Crippen molar-refractivity contribution < 1.29 is 9.47 Å². The van der Waals surface area contributed by atoms with E-state index in [1.54, 1.807) is 13.3 Å². The summed E-state index contributed by atoms with van der Waals surface area (Å²) in [7, 11) is 1.65. The number of hydrogen-bond acceptors (Lipinski definition) is 3. The molecule has 0 unspecified atom stereocenters. The summed E-state index contributed by atoms with van der Waals surface area (Å²) in [5.41, 5.74) is 2.11. The summed E-state index contributed by atoms with van der Waals surface area (Å²) in [5.74, 6) is 1.50. The molecule has 1 aromatic heterocycles. The van der Waals surface area contributed by atoms with Gasteiger partial charge in [-0.15, -0.1) is 0 Å². The Balaban J connectivity index is 2.08. The molecule has 0 spiro atoms. The summed E-state index contributed by atoms with van der Waals surface area (Å²) in [6, 6.07) is 9.87. The molecule has 1 aromatic carbocycles. The molecule has 0 fully saturated rings. The van der Waals surface area contributed by atoms with Crippen LogP contribution >= 0.6 is 15.9 Å². The fourth-order valence-corrected chi connectivity index (χ4v) is 1.93. The number of pyridine rings is 1. The lowest BCUT2D eigenvalue weighted by Gasteiger charge is -2.11. The van der Waals surface area contributed by atoms with E-state index in [9.17, 15) is 0 Å². The summed E-state index contributed by atoms with van der Waals surface area (Å²) in [6.45, 7) is 2.54. The van der Waals surface area contributed by atoms with E-state index in [4.69, 9.17) is 9.47 Å². The molecule has 0 aliphatic heterocycles. The third kappa shape index (κ3) is 3.70. The number of aromatic nitrogens is 1. The van der Waals surface area contributed by atoms with Crippen LogP contribution in [0, 0.1) is 0 Å². The van der Waals surface area contributed by atoms with Gasteiger partial charge in [-0.3, -0.25) is 4.98 Å². The Kier molecular flexibility index (Phi) is 4.80. The zero-order chi connectivity index (χ0) is 13.7.